The largest absolute Gasteiger partial charge is 0.349 e. The number of hydrogen-bond acceptors (Lipinski definition) is 3. The van der Waals surface area contributed by atoms with Gasteiger partial charge in [-0.25, -0.2) is 13.1 Å². The van der Waals surface area contributed by atoms with Gasteiger partial charge in [-0.3, -0.25) is 4.79 Å². The molecular weight excluding hydrogens is 372 g/mol. The molecule has 0 aliphatic heterocycles. The fourth-order valence-corrected chi connectivity index (χ4v) is 4.75. The van der Waals surface area contributed by atoms with Crippen molar-refractivity contribution < 1.29 is 13.2 Å². The molecule has 0 aromatic heterocycles. The van der Waals surface area contributed by atoms with Crippen molar-refractivity contribution >= 4 is 15.9 Å². The highest BCUT2D eigenvalue weighted by atomic mass is 32.2. The van der Waals surface area contributed by atoms with Gasteiger partial charge >= 0.3 is 0 Å². The second-order valence-electron chi connectivity index (χ2n) is 7.46. The number of hydrogen-bond donors (Lipinski definition) is 2. The SMILES string of the molecule is Cc1ccc(S(=O)(=O)NCCCC(=O)N[C@@H]2CCCc3ccccc32)cc1C. The van der Waals surface area contributed by atoms with Gasteiger partial charge in [0.05, 0.1) is 10.9 Å². The minimum absolute atomic E-state index is 0.0351. The van der Waals surface area contributed by atoms with Crippen LogP contribution in [0.4, 0.5) is 0 Å². The minimum Gasteiger partial charge on any atom is -0.349 e. The summed E-state index contributed by atoms with van der Waals surface area (Å²) in [5.74, 6) is -0.0351. The van der Waals surface area contributed by atoms with Gasteiger partial charge in [0.25, 0.3) is 0 Å². The molecule has 5 nitrogen and oxygen atoms in total. The fourth-order valence-electron chi connectivity index (χ4n) is 3.59. The number of benzene rings is 2. The number of carbonyl (C=O) groups excluding carboxylic acids is 1. The Bertz CT molecular complexity index is 954. The first-order chi connectivity index (χ1) is 13.4. The van der Waals surface area contributed by atoms with Crippen LogP contribution in [0.5, 0.6) is 0 Å². The molecule has 2 aromatic carbocycles. The molecule has 1 atom stereocenters. The van der Waals surface area contributed by atoms with Gasteiger partial charge in [-0.2, -0.15) is 0 Å². The Labute approximate surface area is 167 Å². The van der Waals surface area contributed by atoms with Crippen molar-refractivity contribution in [3.8, 4) is 0 Å². The lowest BCUT2D eigenvalue weighted by Gasteiger charge is -2.26. The van der Waals surface area contributed by atoms with E-state index in [1.54, 1.807) is 18.2 Å². The molecule has 1 aliphatic carbocycles. The van der Waals surface area contributed by atoms with Crippen LogP contribution in [0.2, 0.25) is 0 Å². The van der Waals surface area contributed by atoms with E-state index >= 15 is 0 Å². The van der Waals surface area contributed by atoms with Gasteiger partial charge in [0.1, 0.15) is 0 Å². The number of nitrogens with one attached hydrogen (secondary N) is 2. The summed E-state index contributed by atoms with van der Waals surface area (Å²) in [6.07, 6.45) is 3.83. The lowest BCUT2D eigenvalue weighted by molar-refractivity contribution is -0.122. The summed E-state index contributed by atoms with van der Waals surface area (Å²) in [6, 6.07) is 13.4. The molecule has 2 aromatic rings. The molecule has 1 amide bonds. The summed E-state index contributed by atoms with van der Waals surface area (Å²) >= 11 is 0. The molecular formula is C22H28N2O3S. The molecule has 0 unspecified atom stereocenters. The first kappa shape index (κ1) is 20.6. The Morgan fingerprint density at radius 1 is 1.11 bits per heavy atom. The molecule has 0 saturated carbocycles. The van der Waals surface area contributed by atoms with E-state index in [1.165, 1.54) is 11.1 Å². The highest BCUT2D eigenvalue weighted by Gasteiger charge is 2.21. The monoisotopic (exact) mass is 400 g/mol. The smallest absolute Gasteiger partial charge is 0.240 e. The number of sulfonamides is 1. The number of rotatable bonds is 7. The molecule has 0 spiro atoms. The summed E-state index contributed by atoms with van der Waals surface area (Å²) < 4.78 is 27.4. The van der Waals surface area contributed by atoms with Crippen LogP contribution in [0.25, 0.3) is 0 Å². The minimum atomic E-state index is -3.55. The molecule has 0 bridgehead atoms. The summed E-state index contributed by atoms with van der Waals surface area (Å²) in [6.45, 7) is 4.08. The van der Waals surface area contributed by atoms with Gasteiger partial charge in [-0.05, 0) is 73.9 Å². The van der Waals surface area contributed by atoms with Crippen molar-refractivity contribution in [2.45, 2.75) is 56.9 Å². The maximum Gasteiger partial charge on any atom is 0.240 e. The third-order valence-electron chi connectivity index (χ3n) is 5.37. The average Bonchev–Trinajstić information content (AvgIpc) is 2.67. The van der Waals surface area contributed by atoms with Crippen LogP contribution < -0.4 is 10.0 Å². The average molecular weight is 401 g/mol. The van der Waals surface area contributed by atoms with Gasteiger partial charge in [-0.15, -0.1) is 0 Å². The Kier molecular flexibility index (Phi) is 6.52. The van der Waals surface area contributed by atoms with Crippen molar-refractivity contribution in [2.75, 3.05) is 6.54 Å². The van der Waals surface area contributed by atoms with E-state index in [9.17, 15) is 13.2 Å². The van der Waals surface area contributed by atoms with Gasteiger partial charge < -0.3 is 5.32 Å². The summed E-state index contributed by atoms with van der Waals surface area (Å²) in [7, 11) is -3.55. The Morgan fingerprint density at radius 2 is 1.89 bits per heavy atom. The maximum atomic E-state index is 12.4. The van der Waals surface area contributed by atoms with Crippen molar-refractivity contribution in [3.63, 3.8) is 0 Å². The third kappa shape index (κ3) is 5.00. The molecule has 150 valence electrons. The zero-order valence-corrected chi connectivity index (χ0v) is 17.3. The predicted octanol–water partition coefficient (Wildman–Crippen LogP) is 3.56. The van der Waals surface area contributed by atoms with Crippen LogP contribution in [-0.2, 0) is 21.2 Å². The van der Waals surface area contributed by atoms with Crippen LogP contribution in [-0.4, -0.2) is 20.9 Å². The van der Waals surface area contributed by atoms with Gasteiger partial charge in [-0.1, -0.05) is 30.3 Å². The van der Waals surface area contributed by atoms with Crippen molar-refractivity contribution in [3.05, 3.63) is 64.7 Å². The maximum absolute atomic E-state index is 12.4. The normalized spacial score (nSPS) is 16.4. The van der Waals surface area contributed by atoms with Crippen molar-refractivity contribution in [1.29, 1.82) is 0 Å². The number of carbonyl (C=O) groups is 1. The lowest BCUT2D eigenvalue weighted by atomic mass is 9.87. The standard InChI is InChI=1S/C22H28N2O3S/c1-16-12-13-19(15-17(16)2)28(26,27)23-14-6-11-22(25)24-21-10-5-8-18-7-3-4-9-20(18)21/h3-4,7,9,12-13,15,21,23H,5-6,8,10-11,14H2,1-2H3,(H,24,25)/t21-/m1/s1. The Morgan fingerprint density at radius 3 is 2.68 bits per heavy atom. The number of amides is 1. The van der Waals surface area contributed by atoms with Crippen LogP contribution in [0.3, 0.4) is 0 Å². The second-order valence-corrected chi connectivity index (χ2v) is 9.23. The van der Waals surface area contributed by atoms with Gasteiger partial charge in [0, 0.05) is 13.0 Å². The molecule has 0 heterocycles. The predicted molar refractivity (Wildman–Crippen MR) is 111 cm³/mol. The molecule has 2 N–H and O–H groups in total. The fraction of sp³-hybridized carbons (Fsp3) is 0.409. The zero-order valence-electron chi connectivity index (χ0n) is 16.5. The van der Waals surface area contributed by atoms with Crippen LogP contribution in [0.15, 0.2) is 47.4 Å². The van der Waals surface area contributed by atoms with Gasteiger partial charge in [0.15, 0.2) is 0 Å². The highest BCUT2D eigenvalue weighted by molar-refractivity contribution is 7.89. The van der Waals surface area contributed by atoms with Crippen molar-refractivity contribution in [1.82, 2.24) is 10.0 Å². The Hall–Kier alpha value is -2.18. The van der Waals surface area contributed by atoms with Crippen molar-refractivity contribution in [2.24, 2.45) is 0 Å². The third-order valence-corrected chi connectivity index (χ3v) is 6.82. The molecule has 0 saturated heterocycles. The van der Waals surface area contributed by atoms with E-state index in [-0.39, 0.29) is 23.4 Å². The van der Waals surface area contributed by atoms with Crippen LogP contribution >= 0.6 is 0 Å². The summed E-state index contributed by atoms with van der Waals surface area (Å²) in [5, 5.41) is 3.10. The van der Waals surface area contributed by atoms with E-state index in [0.29, 0.717) is 12.8 Å². The molecule has 0 fully saturated rings. The van der Waals surface area contributed by atoms with E-state index in [1.807, 2.05) is 26.0 Å². The van der Waals surface area contributed by atoms with E-state index in [0.717, 1.165) is 30.4 Å². The first-order valence-electron chi connectivity index (χ1n) is 9.81. The topological polar surface area (TPSA) is 75.3 Å². The van der Waals surface area contributed by atoms with E-state index in [4.69, 9.17) is 0 Å². The molecule has 6 heteroatoms. The molecule has 0 radical (unpaired) electrons. The molecule has 1 aliphatic rings. The second kappa shape index (κ2) is 8.88. The number of fused-ring (bicyclic) bond motifs is 1. The first-order valence-corrected chi connectivity index (χ1v) is 11.3. The highest BCUT2D eigenvalue weighted by Crippen LogP contribution is 2.29. The van der Waals surface area contributed by atoms with E-state index in [2.05, 4.69) is 22.2 Å². The summed E-state index contributed by atoms with van der Waals surface area (Å²) in [4.78, 5) is 12.6. The Balaban J connectivity index is 1.48. The van der Waals surface area contributed by atoms with Crippen LogP contribution in [0, 0.1) is 13.8 Å². The lowest BCUT2D eigenvalue weighted by Crippen LogP contribution is -2.32. The van der Waals surface area contributed by atoms with Gasteiger partial charge in [0.2, 0.25) is 15.9 Å². The number of aryl methyl sites for hydroxylation is 3. The van der Waals surface area contributed by atoms with Crippen LogP contribution in [0.1, 0.15) is 54.0 Å². The van der Waals surface area contributed by atoms with E-state index < -0.39 is 10.0 Å². The summed E-state index contributed by atoms with van der Waals surface area (Å²) in [5.41, 5.74) is 4.51. The zero-order chi connectivity index (χ0) is 20.1. The molecule has 28 heavy (non-hydrogen) atoms. The molecule has 3 rings (SSSR count). The quantitative estimate of drug-likeness (QED) is 0.698.